The molecule has 1 N–H and O–H groups in total. The van der Waals surface area contributed by atoms with E-state index in [1.807, 2.05) is 30.3 Å². The molecule has 0 radical (unpaired) electrons. The zero-order chi connectivity index (χ0) is 25.5. The molecule has 2 aromatic heterocycles. The third-order valence-corrected chi connectivity index (χ3v) is 6.66. The van der Waals surface area contributed by atoms with Gasteiger partial charge in [-0.2, -0.15) is 15.2 Å². The van der Waals surface area contributed by atoms with E-state index in [1.165, 1.54) is 0 Å². The molecule has 0 bridgehead atoms. The lowest BCUT2D eigenvalue weighted by molar-refractivity contribution is -0.150. The van der Waals surface area contributed by atoms with Crippen LogP contribution in [0.5, 0.6) is 0 Å². The van der Waals surface area contributed by atoms with Gasteiger partial charge in [0.15, 0.2) is 0 Å². The van der Waals surface area contributed by atoms with E-state index < -0.39 is 29.7 Å². The van der Waals surface area contributed by atoms with Crippen LogP contribution in [-0.4, -0.2) is 66.4 Å². The smallest absolute Gasteiger partial charge is 0.278 e. The molecule has 1 saturated heterocycles. The number of nitrogens with one attached hydrogen (secondary N) is 1. The average Bonchev–Trinajstić information content (AvgIpc) is 3.48. The zero-order valence-corrected chi connectivity index (χ0v) is 19.6. The van der Waals surface area contributed by atoms with Crippen LogP contribution in [0.2, 0.25) is 0 Å². The second-order valence-corrected chi connectivity index (χ2v) is 9.00. The van der Waals surface area contributed by atoms with Gasteiger partial charge in [-0.3, -0.25) is 29.4 Å². The highest BCUT2D eigenvalue weighted by Gasteiger charge is 2.48. The largest absolute Gasteiger partial charge is 0.357 e. The summed E-state index contributed by atoms with van der Waals surface area (Å²) in [5.74, 6) is -1.39. The number of nitrogens with zero attached hydrogens (tertiary/aromatic N) is 6. The van der Waals surface area contributed by atoms with Crippen LogP contribution in [0.25, 0.3) is 22.6 Å². The fourth-order valence-electron chi connectivity index (χ4n) is 4.93. The maximum atomic E-state index is 13.3. The Morgan fingerprint density at radius 2 is 1.89 bits per heavy atom. The molecule has 5 heterocycles. The molecule has 1 unspecified atom stereocenters. The molecule has 12 nitrogen and oxygen atoms in total. The number of hydrogen-bond acceptors (Lipinski definition) is 10. The van der Waals surface area contributed by atoms with Crippen molar-refractivity contribution in [3.8, 4) is 22.6 Å². The van der Waals surface area contributed by atoms with Gasteiger partial charge in [0.05, 0.1) is 12.2 Å². The van der Waals surface area contributed by atoms with Crippen LogP contribution in [0.3, 0.4) is 0 Å². The molecule has 4 amide bonds. The molecule has 186 valence electrons. The van der Waals surface area contributed by atoms with Crippen LogP contribution in [-0.2, 0) is 25.7 Å². The van der Waals surface area contributed by atoms with Gasteiger partial charge in [-0.1, -0.05) is 23.4 Å². The zero-order valence-electron chi connectivity index (χ0n) is 19.6. The summed E-state index contributed by atoms with van der Waals surface area (Å²) in [7, 11) is 0. The van der Waals surface area contributed by atoms with Crippen molar-refractivity contribution in [3.63, 3.8) is 0 Å². The number of piperidine rings is 1. The number of rotatable bonds is 5. The number of carbonyl (C=O) groups is 4. The summed E-state index contributed by atoms with van der Waals surface area (Å²) < 4.78 is 5.49. The van der Waals surface area contributed by atoms with E-state index in [1.54, 1.807) is 17.2 Å². The van der Waals surface area contributed by atoms with Gasteiger partial charge in [-0.15, -0.1) is 0 Å². The van der Waals surface area contributed by atoms with E-state index in [0.717, 1.165) is 16.0 Å². The first kappa shape index (κ1) is 22.7. The second-order valence-electron chi connectivity index (χ2n) is 9.00. The SMILES string of the molecule is O=C1CCC(N2C(=O)C3=C(C2=O)N(Cc2nc(-c4cccc(-c5cccnn5)c4)no2)CCC3)C(=O)N1. The summed E-state index contributed by atoms with van der Waals surface area (Å²) in [6, 6.07) is 10.2. The second kappa shape index (κ2) is 9.04. The third kappa shape index (κ3) is 4.05. The summed E-state index contributed by atoms with van der Waals surface area (Å²) in [4.78, 5) is 57.6. The van der Waals surface area contributed by atoms with Crippen LogP contribution in [0.15, 0.2) is 58.4 Å². The van der Waals surface area contributed by atoms with Gasteiger partial charge in [-0.05, 0) is 37.5 Å². The first-order valence-corrected chi connectivity index (χ1v) is 11.9. The fraction of sp³-hybridized carbons (Fsp3) is 0.280. The maximum absolute atomic E-state index is 13.3. The van der Waals surface area contributed by atoms with Crippen molar-refractivity contribution in [2.24, 2.45) is 0 Å². The highest BCUT2D eigenvalue weighted by atomic mass is 16.5. The number of amides is 4. The maximum Gasteiger partial charge on any atom is 0.278 e. The van der Waals surface area contributed by atoms with Crippen LogP contribution in [0.1, 0.15) is 31.6 Å². The van der Waals surface area contributed by atoms with Crippen molar-refractivity contribution in [1.29, 1.82) is 0 Å². The molecular formula is C25H21N7O5. The molecule has 3 aliphatic rings. The quantitative estimate of drug-likeness (QED) is 0.507. The van der Waals surface area contributed by atoms with Gasteiger partial charge in [0.25, 0.3) is 11.8 Å². The van der Waals surface area contributed by atoms with Gasteiger partial charge in [0.2, 0.25) is 23.5 Å². The van der Waals surface area contributed by atoms with Crippen molar-refractivity contribution < 1.29 is 23.7 Å². The van der Waals surface area contributed by atoms with Gasteiger partial charge in [-0.25, -0.2) is 0 Å². The molecule has 0 aliphatic carbocycles. The number of benzene rings is 1. The molecule has 1 aromatic carbocycles. The van der Waals surface area contributed by atoms with Crippen LogP contribution < -0.4 is 5.32 Å². The van der Waals surface area contributed by atoms with Gasteiger partial charge >= 0.3 is 0 Å². The van der Waals surface area contributed by atoms with Gasteiger partial charge < -0.3 is 9.42 Å². The standard InChI is InChI=1S/C25H21N7O5/c33-19-9-8-18(23(34)27-19)32-24(35)16-6-3-11-31(21(16)25(32)36)13-20-28-22(30-37-20)15-5-1-4-14(12-15)17-7-2-10-26-29-17/h1-2,4-5,7,10,12,18H,3,6,8-9,11,13H2,(H,27,33,34). The number of carbonyl (C=O) groups excluding carboxylic acids is 4. The molecular weight excluding hydrogens is 478 g/mol. The summed E-state index contributed by atoms with van der Waals surface area (Å²) >= 11 is 0. The lowest BCUT2D eigenvalue weighted by Crippen LogP contribution is -2.55. The minimum absolute atomic E-state index is 0.0741. The van der Waals surface area contributed by atoms with E-state index >= 15 is 0 Å². The van der Waals surface area contributed by atoms with E-state index in [2.05, 4.69) is 25.7 Å². The number of hydrogen-bond donors (Lipinski definition) is 1. The normalized spacial score (nSPS) is 19.9. The fourth-order valence-corrected chi connectivity index (χ4v) is 4.93. The Kier molecular flexibility index (Phi) is 5.55. The number of imide groups is 2. The van der Waals surface area contributed by atoms with E-state index in [0.29, 0.717) is 36.5 Å². The van der Waals surface area contributed by atoms with Crippen molar-refractivity contribution >= 4 is 23.6 Å². The molecule has 37 heavy (non-hydrogen) atoms. The highest BCUT2D eigenvalue weighted by molar-refractivity contribution is 6.21. The Labute approximate surface area is 210 Å². The molecule has 1 fully saturated rings. The summed E-state index contributed by atoms with van der Waals surface area (Å²) in [6.45, 7) is 0.652. The monoisotopic (exact) mass is 499 g/mol. The predicted molar refractivity (Wildman–Crippen MR) is 125 cm³/mol. The van der Waals surface area contributed by atoms with E-state index in [9.17, 15) is 19.2 Å². The predicted octanol–water partition coefficient (Wildman–Crippen LogP) is 1.22. The van der Waals surface area contributed by atoms with Crippen molar-refractivity contribution in [1.82, 2.24) is 35.5 Å². The topological polar surface area (TPSA) is 151 Å². The third-order valence-electron chi connectivity index (χ3n) is 6.66. The summed E-state index contributed by atoms with van der Waals surface area (Å²) in [5, 5.41) is 14.4. The van der Waals surface area contributed by atoms with Gasteiger partial charge in [0, 0.05) is 35.9 Å². The van der Waals surface area contributed by atoms with Crippen molar-refractivity contribution in [3.05, 3.63) is 59.8 Å². The van der Waals surface area contributed by atoms with Crippen LogP contribution in [0.4, 0.5) is 0 Å². The van der Waals surface area contributed by atoms with E-state index in [4.69, 9.17) is 4.52 Å². The molecule has 0 spiro atoms. The first-order chi connectivity index (χ1) is 18.0. The molecule has 3 aliphatic heterocycles. The van der Waals surface area contributed by atoms with Crippen molar-refractivity contribution in [2.75, 3.05) is 6.54 Å². The average molecular weight is 499 g/mol. The van der Waals surface area contributed by atoms with E-state index in [-0.39, 0.29) is 31.0 Å². The molecule has 1 atom stereocenters. The van der Waals surface area contributed by atoms with Crippen LogP contribution in [0, 0.1) is 0 Å². The lowest BCUT2D eigenvalue weighted by atomic mass is 10.0. The Morgan fingerprint density at radius 1 is 1.03 bits per heavy atom. The minimum Gasteiger partial charge on any atom is -0.357 e. The van der Waals surface area contributed by atoms with Gasteiger partial charge in [0.1, 0.15) is 11.7 Å². The summed E-state index contributed by atoms with van der Waals surface area (Å²) in [6.07, 6.45) is 2.88. The Hall–Kier alpha value is -4.74. The molecule has 12 heteroatoms. The Bertz CT molecular complexity index is 1460. The molecule has 6 rings (SSSR count). The summed E-state index contributed by atoms with van der Waals surface area (Å²) in [5.41, 5.74) is 2.92. The molecule has 3 aromatic rings. The Morgan fingerprint density at radius 3 is 2.70 bits per heavy atom. The highest BCUT2D eigenvalue weighted by Crippen LogP contribution is 2.35. The lowest BCUT2D eigenvalue weighted by Gasteiger charge is -2.29. The van der Waals surface area contributed by atoms with Crippen molar-refractivity contribution in [2.45, 2.75) is 38.3 Å². The van der Waals surface area contributed by atoms with Crippen LogP contribution >= 0.6 is 0 Å². The minimum atomic E-state index is -0.998. The molecule has 0 saturated carbocycles. The first-order valence-electron chi connectivity index (χ1n) is 11.9. The Balaban J connectivity index is 1.22. The number of aromatic nitrogens is 4.